The van der Waals surface area contributed by atoms with Crippen LogP contribution in [-0.4, -0.2) is 50.1 Å². The molecule has 136 valence electrons. The number of nitrogens with zero attached hydrogens (tertiary/aromatic N) is 1. The van der Waals surface area contributed by atoms with E-state index in [0.29, 0.717) is 30.9 Å². The molecule has 2 atom stereocenters. The quantitative estimate of drug-likeness (QED) is 0.707. The van der Waals surface area contributed by atoms with Crippen molar-refractivity contribution >= 4 is 12.0 Å². The summed E-state index contributed by atoms with van der Waals surface area (Å²) in [5.74, 6) is 0.0894. The number of ether oxygens (including phenoxy) is 4. The lowest BCUT2D eigenvalue weighted by atomic mass is 10.0. The van der Waals surface area contributed by atoms with Crippen molar-refractivity contribution in [2.45, 2.75) is 31.8 Å². The van der Waals surface area contributed by atoms with E-state index >= 15 is 0 Å². The van der Waals surface area contributed by atoms with Crippen LogP contribution < -0.4 is 4.74 Å². The zero-order chi connectivity index (χ0) is 17.5. The van der Waals surface area contributed by atoms with E-state index in [1.54, 1.807) is 18.3 Å². The fraction of sp³-hybridized carbons (Fsp3) is 0.579. The number of carbonyl (C=O) groups is 1. The first-order chi connectivity index (χ1) is 12.3. The average Bonchev–Trinajstić information content (AvgIpc) is 3.18. The van der Waals surface area contributed by atoms with Gasteiger partial charge >= 0.3 is 5.97 Å². The van der Waals surface area contributed by atoms with Crippen molar-refractivity contribution in [2.75, 3.05) is 33.0 Å². The highest BCUT2D eigenvalue weighted by Crippen LogP contribution is 2.24. The molecular formula is C19H25NO5. The predicted molar refractivity (Wildman–Crippen MR) is 92.6 cm³/mol. The number of pyridine rings is 1. The minimum atomic E-state index is -0.434. The molecule has 2 saturated heterocycles. The van der Waals surface area contributed by atoms with Gasteiger partial charge in [-0.2, -0.15) is 0 Å². The Morgan fingerprint density at radius 1 is 1.32 bits per heavy atom. The fourth-order valence-electron chi connectivity index (χ4n) is 3.09. The molecule has 1 aromatic rings. The van der Waals surface area contributed by atoms with Gasteiger partial charge in [0.1, 0.15) is 12.2 Å². The van der Waals surface area contributed by atoms with E-state index in [0.717, 1.165) is 38.9 Å². The lowest BCUT2D eigenvalue weighted by Gasteiger charge is -2.22. The second-order valence-electron chi connectivity index (χ2n) is 6.41. The minimum Gasteiger partial charge on any atom is -0.474 e. The molecule has 0 N–H and O–H groups in total. The molecule has 2 aliphatic rings. The number of hydrogen-bond acceptors (Lipinski definition) is 6. The average molecular weight is 347 g/mol. The Labute approximate surface area is 148 Å². The molecule has 2 aliphatic heterocycles. The third kappa shape index (κ3) is 4.80. The normalized spacial score (nSPS) is 23.2. The molecule has 25 heavy (non-hydrogen) atoms. The monoisotopic (exact) mass is 347 g/mol. The standard InChI is InChI=1S/C19H25NO5/c1-2-15-7-8-20-18(24-13-16-6-4-10-23-16)17(15)19(21)25-12-14-5-3-9-22-11-14/h2,7-8,14,16H,1,3-6,9-13H2. The van der Waals surface area contributed by atoms with Crippen molar-refractivity contribution in [3.8, 4) is 5.88 Å². The summed E-state index contributed by atoms with van der Waals surface area (Å²) >= 11 is 0. The number of hydrogen-bond donors (Lipinski definition) is 0. The topological polar surface area (TPSA) is 66.9 Å². The predicted octanol–water partition coefficient (Wildman–Crippen LogP) is 2.87. The maximum atomic E-state index is 12.6. The van der Waals surface area contributed by atoms with Crippen LogP contribution in [0.15, 0.2) is 18.8 Å². The molecule has 0 aliphatic carbocycles. The van der Waals surface area contributed by atoms with E-state index in [1.807, 2.05) is 0 Å². The Kier molecular flexibility index (Phi) is 6.42. The Bertz CT molecular complexity index is 591. The number of esters is 1. The van der Waals surface area contributed by atoms with E-state index in [2.05, 4.69) is 11.6 Å². The summed E-state index contributed by atoms with van der Waals surface area (Å²) in [6.45, 7) is 6.67. The first-order valence-electron chi connectivity index (χ1n) is 8.88. The third-order valence-corrected chi connectivity index (χ3v) is 4.51. The van der Waals surface area contributed by atoms with Crippen LogP contribution in [0.5, 0.6) is 5.88 Å². The fourth-order valence-corrected chi connectivity index (χ4v) is 3.09. The van der Waals surface area contributed by atoms with Crippen LogP contribution in [-0.2, 0) is 14.2 Å². The first kappa shape index (κ1) is 17.9. The maximum absolute atomic E-state index is 12.6. The van der Waals surface area contributed by atoms with E-state index in [1.165, 1.54) is 0 Å². The van der Waals surface area contributed by atoms with Crippen molar-refractivity contribution in [1.82, 2.24) is 4.98 Å². The Morgan fingerprint density at radius 2 is 2.20 bits per heavy atom. The molecule has 6 nitrogen and oxygen atoms in total. The van der Waals surface area contributed by atoms with Crippen LogP contribution in [0.25, 0.3) is 6.08 Å². The number of aromatic nitrogens is 1. The molecule has 0 radical (unpaired) electrons. The SMILES string of the molecule is C=Cc1ccnc(OCC2CCCO2)c1C(=O)OCC1CCCOC1. The van der Waals surface area contributed by atoms with Gasteiger partial charge in [0.2, 0.25) is 5.88 Å². The Hall–Kier alpha value is -1.92. The molecule has 6 heteroatoms. The number of carbonyl (C=O) groups excluding carboxylic acids is 1. The summed E-state index contributed by atoms with van der Waals surface area (Å²) in [6.07, 6.45) is 7.28. The zero-order valence-electron chi connectivity index (χ0n) is 14.4. The van der Waals surface area contributed by atoms with E-state index in [4.69, 9.17) is 18.9 Å². The number of rotatable bonds is 7. The molecule has 0 aromatic carbocycles. The van der Waals surface area contributed by atoms with Gasteiger partial charge in [0.25, 0.3) is 0 Å². The maximum Gasteiger partial charge on any atom is 0.344 e. The molecule has 0 bridgehead atoms. The van der Waals surface area contributed by atoms with Crippen molar-refractivity contribution in [2.24, 2.45) is 5.92 Å². The van der Waals surface area contributed by atoms with E-state index in [-0.39, 0.29) is 17.9 Å². The zero-order valence-corrected chi connectivity index (χ0v) is 14.4. The van der Waals surface area contributed by atoms with Crippen molar-refractivity contribution in [3.05, 3.63) is 30.0 Å². The molecular weight excluding hydrogens is 322 g/mol. The minimum absolute atomic E-state index is 0.0532. The summed E-state index contributed by atoms with van der Waals surface area (Å²) in [5, 5.41) is 0. The largest absolute Gasteiger partial charge is 0.474 e. The van der Waals surface area contributed by atoms with Gasteiger partial charge in [0.15, 0.2) is 0 Å². The van der Waals surface area contributed by atoms with Gasteiger partial charge in [-0.3, -0.25) is 0 Å². The van der Waals surface area contributed by atoms with Gasteiger partial charge in [0.05, 0.1) is 19.3 Å². The molecule has 0 spiro atoms. The van der Waals surface area contributed by atoms with Gasteiger partial charge in [-0.1, -0.05) is 12.7 Å². The van der Waals surface area contributed by atoms with Gasteiger partial charge in [-0.15, -0.1) is 0 Å². The summed E-state index contributed by atoms with van der Waals surface area (Å²) in [4.78, 5) is 16.8. The third-order valence-electron chi connectivity index (χ3n) is 4.51. The van der Waals surface area contributed by atoms with Gasteiger partial charge in [-0.25, -0.2) is 9.78 Å². The summed E-state index contributed by atoms with van der Waals surface area (Å²) < 4.78 is 22.3. The summed E-state index contributed by atoms with van der Waals surface area (Å²) in [7, 11) is 0. The Morgan fingerprint density at radius 3 is 2.92 bits per heavy atom. The van der Waals surface area contributed by atoms with Crippen LogP contribution in [0.1, 0.15) is 41.6 Å². The van der Waals surface area contributed by atoms with Gasteiger partial charge in [0, 0.05) is 25.3 Å². The van der Waals surface area contributed by atoms with E-state index < -0.39 is 5.97 Å². The molecule has 3 rings (SSSR count). The van der Waals surface area contributed by atoms with Crippen LogP contribution in [0.2, 0.25) is 0 Å². The second-order valence-corrected chi connectivity index (χ2v) is 6.41. The van der Waals surface area contributed by atoms with Gasteiger partial charge < -0.3 is 18.9 Å². The van der Waals surface area contributed by atoms with Crippen LogP contribution in [0.3, 0.4) is 0 Å². The lowest BCUT2D eigenvalue weighted by Crippen LogP contribution is -2.24. The molecule has 2 fully saturated rings. The van der Waals surface area contributed by atoms with Crippen molar-refractivity contribution in [3.63, 3.8) is 0 Å². The van der Waals surface area contributed by atoms with Crippen LogP contribution >= 0.6 is 0 Å². The molecule has 0 saturated carbocycles. The molecule has 3 heterocycles. The highest BCUT2D eigenvalue weighted by Gasteiger charge is 2.23. The molecule has 2 unspecified atom stereocenters. The highest BCUT2D eigenvalue weighted by molar-refractivity contribution is 5.95. The first-order valence-corrected chi connectivity index (χ1v) is 8.88. The van der Waals surface area contributed by atoms with Crippen molar-refractivity contribution < 1.29 is 23.7 Å². The second kappa shape index (κ2) is 8.97. The van der Waals surface area contributed by atoms with Gasteiger partial charge in [-0.05, 0) is 37.3 Å². The summed E-state index contributed by atoms with van der Waals surface area (Å²) in [6, 6.07) is 1.73. The van der Waals surface area contributed by atoms with Crippen LogP contribution in [0, 0.1) is 5.92 Å². The molecule has 0 amide bonds. The highest BCUT2D eigenvalue weighted by atomic mass is 16.5. The smallest absolute Gasteiger partial charge is 0.344 e. The van der Waals surface area contributed by atoms with E-state index in [9.17, 15) is 4.79 Å². The lowest BCUT2D eigenvalue weighted by molar-refractivity contribution is 0.00811. The Balaban J connectivity index is 1.66. The van der Waals surface area contributed by atoms with Crippen molar-refractivity contribution in [1.29, 1.82) is 0 Å². The van der Waals surface area contributed by atoms with Crippen LogP contribution in [0.4, 0.5) is 0 Å². The molecule has 1 aromatic heterocycles. The summed E-state index contributed by atoms with van der Waals surface area (Å²) in [5.41, 5.74) is 0.981.